The molecule has 0 aliphatic carbocycles. The standard InChI is InChI=1S/C13H15NO5/c1-8(15)10-3-5-11(6-4-10)19-7-12(13(17)18)14-9(2)16/h3-6,12H,7H2,1-2H3,(H,14,16)(H,17,18). The number of carboxylic acid groups (broad SMARTS) is 1. The summed E-state index contributed by atoms with van der Waals surface area (Å²) in [6.07, 6.45) is 0. The third-order valence-corrected chi connectivity index (χ3v) is 2.35. The van der Waals surface area contributed by atoms with E-state index in [1.807, 2.05) is 0 Å². The Morgan fingerprint density at radius 2 is 1.79 bits per heavy atom. The Hall–Kier alpha value is -2.37. The Labute approximate surface area is 110 Å². The van der Waals surface area contributed by atoms with E-state index < -0.39 is 17.9 Å². The zero-order valence-electron chi connectivity index (χ0n) is 10.7. The fourth-order valence-corrected chi connectivity index (χ4v) is 1.39. The molecule has 6 nitrogen and oxygen atoms in total. The molecule has 0 spiro atoms. The van der Waals surface area contributed by atoms with E-state index in [1.54, 1.807) is 24.3 Å². The lowest BCUT2D eigenvalue weighted by Gasteiger charge is -2.14. The van der Waals surface area contributed by atoms with E-state index in [-0.39, 0.29) is 12.4 Å². The number of carboxylic acids is 1. The highest BCUT2D eigenvalue weighted by atomic mass is 16.5. The molecule has 0 saturated carbocycles. The highest BCUT2D eigenvalue weighted by Crippen LogP contribution is 2.12. The minimum atomic E-state index is -1.17. The summed E-state index contributed by atoms with van der Waals surface area (Å²) in [6.45, 7) is 2.50. The van der Waals surface area contributed by atoms with Crippen LogP contribution in [0.1, 0.15) is 24.2 Å². The van der Waals surface area contributed by atoms with Gasteiger partial charge in [0, 0.05) is 12.5 Å². The van der Waals surface area contributed by atoms with Gasteiger partial charge in [0.05, 0.1) is 0 Å². The highest BCUT2D eigenvalue weighted by Gasteiger charge is 2.19. The summed E-state index contributed by atoms with van der Waals surface area (Å²) in [7, 11) is 0. The van der Waals surface area contributed by atoms with Crippen molar-refractivity contribution >= 4 is 17.7 Å². The quantitative estimate of drug-likeness (QED) is 0.744. The van der Waals surface area contributed by atoms with Crippen molar-refractivity contribution in [3.8, 4) is 5.75 Å². The first-order valence-electron chi connectivity index (χ1n) is 5.64. The fraction of sp³-hybridized carbons (Fsp3) is 0.308. The van der Waals surface area contributed by atoms with E-state index in [1.165, 1.54) is 13.8 Å². The second-order valence-electron chi connectivity index (χ2n) is 3.98. The molecule has 1 aromatic carbocycles. The minimum absolute atomic E-state index is 0.0618. The summed E-state index contributed by atoms with van der Waals surface area (Å²) in [5.41, 5.74) is 0.545. The van der Waals surface area contributed by atoms with Crippen LogP contribution in [0.25, 0.3) is 0 Å². The number of aliphatic carboxylic acids is 1. The molecule has 1 unspecified atom stereocenters. The van der Waals surface area contributed by atoms with Gasteiger partial charge in [-0.25, -0.2) is 4.79 Å². The van der Waals surface area contributed by atoms with Crippen molar-refractivity contribution in [2.45, 2.75) is 19.9 Å². The van der Waals surface area contributed by atoms with Gasteiger partial charge in [0.1, 0.15) is 12.4 Å². The number of ether oxygens (including phenoxy) is 1. The molecule has 0 radical (unpaired) electrons. The highest BCUT2D eigenvalue weighted by molar-refractivity contribution is 5.94. The maximum atomic E-state index is 11.1. The molecule has 1 amide bonds. The molecule has 0 saturated heterocycles. The number of carbonyl (C=O) groups excluding carboxylic acids is 2. The van der Waals surface area contributed by atoms with Crippen molar-refractivity contribution in [3.63, 3.8) is 0 Å². The van der Waals surface area contributed by atoms with Gasteiger partial charge in [-0.05, 0) is 31.2 Å². The maximum Gasteiger partial charge on any atom is 0.329 e. The lowest BCUT2D eigenvalue weighted by Crippen LogP contribution is -2.43. The van der Waals surface area contributed by atoms with Crippen LogP contribution in [0.4, 0.5) is 0 Å². The summed E-state index contributed by atoms with van der Waals surface area (Å²) in [5.74, 6) is -1.24. The number of hydrogen-bond acceptors (Lipinski definition) is 4. The largest absolute Gasteiger partial charge is 0.491 e. The first-order valence-corrected chi connectivity index (χ1v) is 5.64. The van der Waals surface area contributed by atoms with E-state index in [0.29, 0.717) is 11.3 Å². The average Bonchev–Trinajstić information content (AvgIpc) is 2.34. The summed E-state index contributed by atoms with van der Waals surface area (Å²) in [5, 5.41) is 11.1. The summed E-state index contributed by atoms with van der Waals surface area (Å²) in [4.78, 5) is 32.7. The first kappa shape index (κ1) is 14.7. The van der Waals surface area contributed by atoms with Gasteiger partial charge in [0.25, 0.3) is 0 Å². The van der Waals surface area contributed by atoms with Crippen LogP contribution in [0.2, 0.25) is 0 Å². The van der Waals surface area contributed by atoms with Gasteiger partial charge in [0.2, 0.25) is 5.91 Å². The zero-order valence-corrected chi connectivity index (χ0v) is 10.7. The smallest absolute Gasteiger partial charge is 0.329 e. The number of ketones is 1. The Morgan fingerprint density at radius 1 is 1.21 bits per heavy atom. The van der Waals surface area contributed by atoms with Gasteiger partial charge in [-0.1, -0.05) is 0 Å². The SMILES string of the molecule is CC(=O)NC(COc1ccc(C(C)=O)cc1)C(=O)O. The van der Waals surface area contributed by atoms with Gasteiger partial charge >= 0.3 is 5.97 Å². The maximum absolute atomic E-state index is 11.1. The third-order valence-electron chi connectivity index (χ3n) is 2.35. The van der Waals surface area contributed by atoms with Crippen molar-refractivity contribution in [1.29, 1.82) is 0 Å². The molecule has 0 heterocycles. The van der Waals surface area contributed by atoms with Crippen LogP contribution in [0.3, 0.4) is 0 Å². The Balaban J connectivity index is 2.61. The summed E-state index contributed by atoms with van der Waals surface area (Å²) >= 11 is 0. The molecule has 1 rings (SSSR count). The van der Waals surface area contributed by atoms with Gasteiger partial charge in [-0.2, -0.15) is 0 Å². The number of hydrogen-bond donors (Lipinski definition) is 2. The molecule has 0 aromatic heterocycles. The van der Waals surface area contributed by atoms with Crippen molar-refractivity contribution in [2.75, 3.05) is 6.61 Å². The molecule has 0 bridgehead atoms. The van der Waals surface area contributed by atoms with E-state index in [0.717, 1.165) is 0 Å². The van der Waals surface area contributed by atoms with Crippen LogP contribution in [0.15, 0.2) is 24.3 Å². The molecule has 1 atom stereocenters. The molecule has 19 heavy (non-hydrogen) atoms. The van der Waals surface area contributed by atoms with Crippen molar-refractivity contribution in [1.82, 2.24) is 5.32 Å². The van der Waals surface area contributed by atoms with Gasteiger partial charge in [0.15, 0.2) is 11.8 Å². The molecule has 1 aromatic rings. The molecule has 0 aliphatic heterocycles. The van der Waals surface area contributed by atoms with Gasteiger partial charge in [-0.3, -0.25) is 9.59 Å². The summed E-state index contributed by atoms with van der Waals surface area (Å²) in [6, 6.07) is 5.22. The van der Waals surface area contributed by atoms with Crippen LogP contribution in [-0.4, -0.2) is 35.4 Å². The van der Waals surface area contributed by atoms with Crippen LogP contribution >= 0.6 is 0 Å². The molecule has 0 aliphatic rings. The Morgan fingerprint density at radius 3 is 2.21 bits per heavy atom. The molecule has 2 N–H and O–H groups in total. The van der Waals surface area contributed by atoms with Crippen molar-refractivity contribution in [3.05, 3.63) is 29.8 Å². The van der Waals surface area contributed by atoms with Crippen molar-refractivity contribution < 1.29 is 24.2 Å². The van der Waals surface area contributed by atoms with Crippen LogP contribution in [0.5, 0.6) is 5.75 Å². The first-order chi connectivity index (χ1) is 8.90. The monoisotopic (exact) mass is 265 g/mol. The normalized spacial score (nSPS) is 11.5. The molecule has 0 fully saturated rings. The number of Topliss-reactive ketones (excluding diaryl/α,β-unsaturated/α-hetero) is 1. The number of rotatable bonds is 6. The van der Waals surface area contributed by atoms with E-state index in [4.69, 9.17) is 9.84 Å². The fourth-order valence-electron chi connectivity index (χ4n) is 1.39. The Kier molecular flexibility index (Phi) is 5.05. The van der Waals surface area contributed by atoms with Crippen molar-refractivity contribution in [2.24, 2.45) is 0 Å². The second kappa shape index (κ2) is 6.53. The van der Waals surface area contributed by atoms with Crippen LogP contribution in [-0.2, 0) is 9.59 Å². The topological polar surface area (TPSA) is 92.7 Å². The Bertz CT molecular complexity index is 480. The lowest BCUT2D eigenvalue weighted by atomic mass is 10.1. The summed E-state index contributed by atoms with van der Waals surface area (Å²) < 4.78 is 5.26. The predicted molar refractivity (Wildman–Crippen MR) is 67.2 cm³/mol. The van der Waals surface area contributed by atoms with Gasteiger partial charge < -0.3 is 15.2 Å². The predicted octanol–water partition coefficient (Wildman–Crippen LogP) is 0.857. The van der Waals surface area contributed by atoms with E-state index in [9.17, 15) is 14.4 Å². The number of nitrogens with one attached hydrogen (secondary N) is 1. The van der Waals surface area contributed by atoms with Crippen LogP contribution in [0, 0.1) is 0 Å². The second-order valence-corrected chi connectivity index (χ2v) is 3.98. The third kappa shape index (κ3) is 4.79. The minimum Gasteiger partial charge on any atom is -0.491 e. The van der Waals surface area contributed by atoms with E-state index in [2.05, 4.69) is 5.32 Å². The van der Waals surface area contributed by atoms with Crippen LogP contribution < -0.4 is 10.1 Å². The molecular weight excluding hydrogens is 250 g/mol. The van der Waals surface area contributed by atoms with E-state index >= 15 is 0 Å². The molecule has 6 heteroatoms. The molecular formula is C13H15NO5. The average molecular weight is 265 g/mol. The number of amides is 1. The lowest BCUT2D eigenvalue weighted by molar-refractivity contribution is -0.142. The number of benzene rings is 1. The zero-order chi connectivity index (χ0) is 14.4. The molecule has 102 valence electrons. The number of carbonyl (C=O) groups is 3. The van der Waals surface area contributed by atoms with Gasteiger partial charge in [-0.15, -0.1) is 0 Å².